The zero-order chi connectivity index (χ0) is 87.9. The number of phosphoric acid groups is 2. The third kappa shape index (κ3) is 95.4. The summed E-state index contributed by atoms with van der Waals surface area (Å²) in [6.45, 7) is 2.48. The van der Waals surface area contributed by atoms with Gasteiger partial charge in [-0.3, -0.25) is 32.5 Å². The van der Waals surface area contributed by atoms with Gasteiger partial charge < -0.3 is 34.2 Å². The molecule has 121 heavy (non-hydrogen) atoms. The number of carbonyl (C=O) groups is 3. The molecule has 0 aromatic carbocycles. The van der Waals surface area contributed by atoms with Gasteiger partial charge in [0.2, 0.25) is 0 Å². The summed E-state index contributed by atoms with van der Waals surface area (Å²) in [5, 5.41) is 20.8. The van der Waals surface area contributed by atoms with Crippen LogP contribution in [0.25, 0.3) is 0 Å². The average Bonchev–Trinajstić information content (AvgIpc) is 0.894. The van der Waals surface area contributed by atoms with Crippen LogP contribution in [-0.2, 0) is 55.8 Å². The summed E-state index contributed by atoms with van der Waals surface area (Å²) in [6, 6.07) is 0. The second-order valence-electron chi connectivity index (χ2n) is 32.1. The van der Waals surface area contributed by atoms with E-state index in [1.54, 1.807) is 0 Å². The van der Waals surface area contributed by atoms with Crippen LogP contribution in [0, 0.1) is 0 Å². The Kier molecular flexibility index (Phi) is 90.1. The number of hydrogen-bond donors (Lipinski definition) is 4. The quantitative estimate of drug-likeness (QED) is 0.0146. The van der Waals surface area contributed by atoms with Crippen molar-refractivity contribution in [3.8, 4) is 0 Å². The molecule has 0 aliphatic heterocycles. The molecular formula is C103H176O16P2. The summed E-state index contributed by atoms with van der Waals surface area (Å²) in [6.07, 6.45) is 123. The van der Waals surface area contributed by atoms with Crippen molar-refractivity contribution in [3.05, 3.63) is 170 Å². The van der Waals surface area contributed by atoms with Gasteiger partial charge in [0.25, 0.3) is 0 Å². The van der Waals surface area contributed by atoms with Gasteiger partial charge in [0.15, 0.2) is 6.10 Å². The van der Waals surface area contributed by atoms with Crippen LogP contribution in [0.3, 0.4) is 0 Å². The summed E-state index contributed by atoms with van der Waals surface area (Å²) in [5.41, 5.74) is 0. The molecule has 4 N–H and O–H groups in total. The van der Waals surface area contributed by atoms with Gasteiger partial charge in [0.05, 0.1) is 26.4 Å². The number of carbonyl (C=O) groups excluding carboxylic acids is 3. The molecule has 16 nitrogen and oxygen atoms in total. The van der Waals surface area contributed by atoms with E-state index in [2.05, 4.69) is 191 Å². The fourth-order valence-electron chi connectivity index (χ4n) is 13.1. The summed E-state index contributed by atoms with van der Waals surface area (Å²) in [4.78, 5) is 59.1. The molecule has 0 aromatic rings. The minimum absolute atomic E-state index is 0.0940. The molecule has 0 saturated carbocycles. The van der Waals surface area contributed by atoms with Crippen LogP contribution < -0.4 is 0 Å². The largest absolute Gasteiger partial charge is 0.472 e. The molecule has 5 atom stereocenters. The zero-order valence-electron chi connectivity index (χ0n) is 76.6. The van der Waals surface area contributed by atoms with Gasteiger partial charge in [-0.2, -0.15) is 0 Å². The van der Waals surface area contributed by atoms with Crippen molar-refractivity contribution in [2.24, 2.45) is 0 Å². The van der Waals surface area contributed by atoms with Gasteiger partial charge >= 0.3 is 33.6 Å². The van der Waals surface area contributed by atoms with E-state index in [-0.39, 0.29) is 19.3 Å². The molecule has 0 radical (unpaired) electrons. The van der Waals surface area contributed by atoms with Crippen LogP contribution in [0.5, 0.6) is 0 Å². The lowest BCUT2D eigenvalue weighted by Crippen LogP contribution is -2.30. The Balaban J connectivity index is 4.62. The number of allylic oxidation sites excluding steroid dienone is 28. The van der Waals surface area contributed by atoms with E-state index in [0.717, 1.165) is 167 Å². The third-order valence-corrected chi connectivity index (χ3v) is 22.3. The fraction of sp³-hybridized carbons (Fsp3) is 0.699. The Bertz CT molecular complexity index is 2880. The Labute approximate surface area is 739 Å². The number of aliphatic hydroxyl groups is 2. The number of rotatable bonds is 91. The van der Waals surface area contributed by atoms with Crippen LogP contribution >= 0.6 is 15.6 Å². The predicted octanol–water partition coefficient (Wildman–Crippen LogP) is 30.2. The number of hydrogen-bond acceptors (Lipinski definition) is 14. The second-order valence-corrected chi connectivity index (χ2v) is 35.0. The lowest BCUT2D eigenvalue weighted by molar-refractivity contribution is -0.161. The van der Waals surface area contributed by atoms with E-state index >= 15 is 0 Å². The van der Waals surface area contributed by atoms with Gasteiger partial charge in [0.1, 0.15) is 25.4 Å². The van der Waals surface area contributed by atoms with Crippen molar-refractivity contribution in [2.45, 2.75) is 424 Å². The first kappa shape index (κ1) is 116. The monoisotopic (exact) mass is 1730 g/mol. The topological polar surface area (TPSA) is 231 Å². The number of ether oxygens (including phenoxy) is 3. The third-order valence-electron chi connectivity index (χ3n) is 20.4. The lowest BCUT2D eigenvalue weighted by atomic mass is 10.0. The van der Waals surface area contributed by atoms with Crippen LogP contribution in [0.1, 0.15) is 406 Å². The summed E-state index contributed by atoms with van der Waals surface area (Å²) in [7, 11) is -9.82. The minimum Gasteiger partial charge on any atom is -0.463 e. The summed E-state index contributed by atoms with van der Waals surface area (Å²) in [5.74, 6) is -1.57. The first-order valence-electron chi connectivity index (χ1n) is 48.4. The molecule has 0 amide bonds. The molecule has 0 aliphatic rings. The number of aliphatic hydroxyl groups excluding tert-OH is 2. The molecule has 5 unspecified atom stereocenters. The first-order valence-corrected chi connectivity index (χ1v) is 51.4. The van der Waals surface area contributed by atoms with E-state index in [1.165, 1.54) is 180 Å². The van der Waals surface area contributed by atoms with Gasteiger partial charge in [0, 0.05) is 19.3 Å². The maximum atomic E-state index is 13.1. The summed E-state index contributed by atoms with van der Waals surface area (Å²) >= 11 is 0. The maximum absolute atomic E-state index is 13.1. The molecule has 0 saturated heterocycles. The van der Waals surface area contributed by atoms with E-state index in [9.17, 15) is 43.5 Å². The van der Waals surface area contributed by atoms with Crippen molar-refractivity contribution in [1.29, 1.82) is 0 Å². The molecule has 0 bridgehead atoms. The van der Waals surface area contributed by atoms with Crippen LogP contribution in [0.2, 0.25) is 0 Å². The van der Waals surface area contributed by atoms with Crippen LogP contribution in [-0.4, -0.2) is 95.9 Å². The maximum Gasteiger partial charge on any atom is 0.472 e. The average molecular weight is 1730 g/mol. The smallest absolute Gasteiger partial charge is 0.463 e. The van der Waals surface area contributed by atoms with Gasteiger partial charge in [-0.15, -0.1) is 0 Å². The highest BCUT2D eigenvalue weighted by molar-refractivity contribution is 7.47. The molecule has 0 aromatic heterocycles. The van der Waals surface area contributed by atoms with Crippen molar-refractivity contribution >= 4 is 33.6 Å². The Morgan fingerprint density at radius 2 is 0.438 bits per heavy atom. The SMILES string of the molecule is CC/C=C\C/C=C\C/C=C\C/C=C\C/C=C\CCCCCCCCCCCCCCCCCC(=O)OCC(O)COP(=O)(O)OCC(O)COP(=O)(O)OCC(COC(=O)CCCCCCCCCCCCCCC/C=C\C/C=C\C/C=C\C/C=C\C/C=C\CC)OC(=O)CCCCCCCCCCC/C=C\C/C=C\C/C=C\C/C=C\CCCCC. The Hall–Kier alpha value is -5.09. The highest BCUT2D eigenvalue weighted by Crippen LogP contribution is 2.45. The van der Waals surface area contributed by atoms with Crippen molar-refractivity contribution in [2.75, 3.05) is 39.6 Å². The molecule has 0 aliphatic carbocycles. The van der Waals surface area contributed by atoms with Gasteiger partial charge in [-0.25, -0.2) is 9.13 Å². The predicted molar refractivity (Wildman–Crippen MR) is 509 cm³/mol. The molecular weight excluding hydrogens is 1560 g/mol. The molecule has 0 rings (SSSR count). The molecule has 0 fully saturated rings. The normalized spacial score (nSPS) is 14.5. The number of phosphoric ester groups is 2. The lowest BCUT2D eigenvalue weighted by Gasteiger charge is -2.21. The van der Waals surface area contributed by atoms with E-state index in [1.807, 2.05) is 0 Å². The standard InChI is InChI=1S/C103H176O16P2/c1-4-7-10-13-16-19-22-25-28-31-34-37-40-43-45-47-48-50-52-54-56-59-62-65-68-71-74-77-80-83-86-89-101(106)113-92-98(104)93-115-120(109,110)116-94-99(105)95-117-121(111,112)118-97-100(119-103(108)91-88-85-82-79-76-73-70-67-64-61-58-53-42-39-36-33-30-27-24-21-18-15-12-9-6-3)96-114-102(107)90-87-84-81-78-75-72-69-66-63-60-57-55-51-49-46-44-41-38-35-32-29-26-23-20-17-14-11-8-5-2/h7-8,10-11,16-21,25-30,34-39,43-46,53,58,98-100,104-105H,4-6,9,12-15,22-24,31-33,40-42,47-52,54-57,59-97H2,1-3H3,(H,109,110)(H,111,112)/b10-7-,11-8-,19-16-,20-17-,21-18-,28-25-,29-26-,30-27-,37-34-,38-35-,39-36-,45-43-,46-44-,58-53-. The molecule has 694 valence electrons. The van der Waals surface area contributed by atoms with Crippen molar-refractivity contribution in [3.63, 3.8) is 0 Å². The zero-order valence-corrected chi connectivity index (χ0v) is 78.4. The second kappa shape index (κ2) is 94.1. The van der Waals surface area contributed by atoms with Gasteiger partial charge in [-0.05, 0) is 154 Å². The van der Waals surface area contributed by atoms with E-state index in [4.69, 9.17) is 32.3 Å². The van der Waals surface area contributed by atoms with E-state index < -0.39 is 91.5 Å². The highest BCUT2D eigenvalue weighted by atomic mass is 31.2. The number of unbranched alkanes of at least 4 members (excludes halogenated alkanes) is 40. The van der Waals surface area contributed by atoms with Crippen LogP contribution in [0.15, 0.2) is 170 Å². The van der Waals surface area contributed by atoms with Crippen molar-refractivity contribution in [1.82, 2.24) is 0 Å². The Morgan fingerprint density at radius 3 is 0.694 bits per heavy atom. The van der Waals surface area contributed by atoms with E-state index in [0.29, 0.717) is 19.3 Å². The number of esters is 3. The van der Waals surface area contributed by atoms with Crippen LogP contribution in [0.4, 0.5) is 0 Å². The molecule has 0 heterocycles. The minimum atomic E-state index is -4.95. The fourth-order valence-corrected chi connectivity index (χ4v) is 14.7. The van der Waals surface area contributed by atoms with Crippen molar-refractivity contribution < 1.29 is 75.8 Å². The summed E-state index contributed by atoms with van der Waals surface area (Å²) < 4.78 is 61.6. The molecule has 0 spiro atoms. The Morgan fingerprint density at radius 1 is 0.240 bits per heavy atom. The highest BCUT2D eigenvalue weighted by Gasteiger charge is 2.30. The van der Waals surface area contributed by atoms with Gasteiger partial charge in [-0.1, -0.05) is 403 Å². The molecule has 18 heteroatoms. The first-order chi connectivity index (χ1) is 59.2.